The summed E-state index contributed by atoms with van der Waals surface area (Å²) in [7, 11) is 0. The van der Waals surface area contributed by atoms with Crippen molar-refractivity contribution in [3.05, 3.63) is 23.5 Å². The first-order valence-corrected chi connectivity index (χ1v) is 6.27. The number of aromatic carboxylic acids is 1. The first kappa shape index (κ1) is 14.3. The van der Waals surface area contributed by atoms with Gasteiger partial charge in [0.25, 0.3) is 5.91 Å². The summed E-state index contributed by atoms with van der Waals surface area (Å²) in [4.78, 5) is 28.5. The number of pyridine rings is 1. The first-order valence-electron chi connectivity index (χ1n) is 6.27. The summed E-state index contributed by atoms with van der Waals surface area (Å²) in [5, 5.41) is 9.05. The number of hydrogen-bond donors (Lipinski definition) is 1. The zero-order valence-electron chi connectivity index (χ0n) is 11.2. The third-order valence-corrected chi connectivity index (χ3v) is 2.91. The van der Waals surface area contributed by atoms with Gasteiger partial charge in [-0.2, -0.15) is 0 Å². The van der Waals surface area contributed by atoms with Gasteiger partial charge in [0.15, 0.2) is 18.1 Å². The molecule has 0 saturated carbocycles. The van der Waals surface area contributed by atoms with Gasteiger partial charge in [-0.3, -0.25) is 4.79 Å². The quantitative estimate of drug-likeness (QED) is 0.854. The number of nitrogens with zero attached hydrogens (tertiary/aromatic N) is 2. The molecule has 1 aromatic rings. The fourth-order valence-electron chi connectivity index (χ4n) is 1.86. The minimum Gasteiger partial charge on any atom is -0.481 e. The molecule has 1 N–H and O–H groups in total. The molecule has 0 radical (unpaired) electrons. The molecule has 7 nitrogen and oxygen atoms in total. The predicted molar refractivity (Wildman–Crippen MR) is 68.8 cm³/mol. The van der Waals surface area contributed by atoms with E-state index in [9.17, 15) is 9.59 Å². The average Bonchev–Trinajstić information content (AvgIpc) is 2.46. The van der Waals surface area contributed by atoms with Crippen LogP contribution in [0.2, 0.25) is 0 Å². The lowest BCUT2D eigenvalue weighted by molar-refractivity contribution is -0.137. The molecule has 0 spiro atoms. The smallest absolute Gasteiger partial charge is 0.358 e. The number of hydrogen-bond acceptors (Lipinski definition) is 5. The Morgan fingerprint density at radius 3 is 2.75 bits per heavy atom. The van der Waals surface area contributed by atoms with Crippen LogP contribution in [0.25, 0.3) is 0 Å². The number of morpholine rings is 1. The molecule has 1 aliphatic rings. The molecule has 1 saturated heterocycles. The lowest BCUT2D eigenvalue weighted by atomic mass is 10.3. The van der Waals surface area contributed by atoms with E-state index in [0.29, 0.717) is 32.0 Å². The molecule has 1 fully saturated rings. The van der Waals surface area contributed by atoms with E-state index in [0.717, 1.165) is 0 Å². The second-order valence-corrected chi connectivity index (χ2v) is 4.39. The zero-order chi connectivity index (χ0) is 14.5. The molecule has 20 heavy (non-hydrogen) atoms. The lowest BCUT2D eigenvalue weighted by Crippen LogP contribution is -2.43. The molecule has 0 atom stereocenters. The summed E-state index contributed by atoms with van der Waals surface area (Å²) in [6, 6.07) is 3.15. The number of ether oxygens (including phenoxy) is 2. The molecule has 7 heteroatoms. The first-order chi connectivity index (χ1) is 9.58. The van der Waals surface area contributed by atoms with E-state index in [4.69, 9.17) is 14.6 Å². The molecule has 1 aliphatic heterocycles. The van der Waals surface area contributed by atoms with Crippen LogP contribution in [0, 0.1) is 6.92 Å². The number of carbonyl (C=O) groups excluding carboxylic acids is 1. The highest BCUT2D eigenvalue weighted by atomic mass is 16.5. The Kier molecular flexibility index (Phi) is 4.52. The van der Waals surface area contributed by atoms with Crippen LogP contribution in [0.15, 0.2) is 12.1 Å². The average molecular weight is 280 g/mol. The molecule has 2 heterocycles. The van der Waals surface area contributed by atoms with E-state index in [1.807, 2.05) is 0 Å². The number of aryl methyl sites for hydroxylation is 1. The number of carbonyl (C=O) groups is 2. The van der Waals surface area contributed by atoms with Gasteiger partial charge in [-0.05, 0) is 19.1 Å². The Bertz CT molecular complexity index is 511. The Balaban J connectivity index is 1.99. The second kappa shape index (κ2) is 6.33. The van der Waals surface area contributed by atoms with Crippen molar-refractivity contribution in [1.29, 1.82) is 0 Å². The normalized spacial score (nSPS) is 14.9. The van der Waals surface area contributed by atoms with Crippen LogP contribution in [0.4, 0.5) is 0 Å². The van der Waals surface area contributed by atoms with Crippen molar-refractivity contribution in [3.8, 4) is 5.75 Å². The molecular formula is C13H16N2O5. The van der Waals surface area contributed by atoms with Crippen LogP contribution in [0.1, 0.15) is 16.2 Å². The molecule has 0 aromatic carbocycles. The van der Waals surface area contributed by atoms with Gasteiger partial charge in [0.2, 0.25) is 0 Å². The molecule has 0 unspecified atom stereocenters. The number of aromatic nitrogens is 1. The van der Waals surface area contributed by atoms with Gasteiger partial charge in [-0.25, -0.2) is 9.78 Å². The van der Waals surface area contributed by atoms with Crippen LogP contribution in [-0.2, 0) is 9.53 Å². The zero-order valence-corrected chi connectivity index (χ0v) is 11.2. The van der Waals surface area contributed by atoms with Crippen molar-refractivity contribution in [1.82, 2.24) is 9.88 Å². The summed E-state index contributed by atoms with van der Waals surface area (Å²) >= 11 is 0. The Labute approximate surface area is 116 Å². The maximum atomic E-state index is 11.9. The predicted octanol–water partition coefficient (Wildman–Crippen LogP) is 0.326. The maximum Gasteiger partial charge on any atom is 0.358 e. The Hall–Kier alpha value is -2.15. The third-order valence-electron chi connectivity index (χ3n) is 2.91. The molecule has 1 amide bonds. The maximum absolute atomic E-state index is 11.9. The molecule has 0 bridgehead atoms. The Morgan fingerprint density at radius 2 is 2.10 bits per heavy atom. The van der Waals surface area contributed by atoms with E-state index >= 15 is 0 Å². The van der Waals surface area contributed by atoms with E-state index in [1.165, 1.54) is 6.07 Å². The molecular weight excluding hydrogens is 264 g/mol. The van der Waals surface area contributed by atoms with Gasteiger partial charge >= 0.3 is 5.97 Å². The fourth-order valence-corrected chi connectivity index (χ4v) is 1.86. The number of carboxylic acid groups (broad SMARTS) is 1. The van der Waals surface area contributed by atoms with Gasteiger partial charge in [0.1, 0.15) is 0 Å². The molecule has 108 valence electrons. The summed E-state index contributed by atoms with van der Waals surface area (Å²) < 4.78 is 10.4. The van der Waals surface area contributed by atoms with Crippen molar-refractivity contribution in [2.75, 3.05) is 32.9 Å². The highest BCUT2D eigenvalue weighted by Crippen LogP contribution is 2.17. The molecule has 2 rings (SSSR count). The number of rotatable bonds is 4. The highest BCUT2D eigenvalue weighted by molar-refractivity contribution is 5.88. The van der Waals surface area contributed by atoms with Crippen molar-refractivity contribution < 1.29 is 24.2 Å². The van der Waals surface area contributed by atoms with E-state index in [-0.39, 0.29) is 24.0 Å². The minimum absolute atomic E-state index is 0.102. The van der Waals surface area contributed by atoms with Crippen molar-refractivity contribution in [2.24, 2.45) is 0 Å². The van der Waals surface area contributed by atoms with Crippen LogP contribution in [0.3, 0.4) is 0 Å². The standard InChI is InChI=1S/C13H16N2O5/c1-9-2-3-10(12(14-9)13(17)18)20-8-11(16)15-4-6-19-7-5-15/h2-3H,4-8H2,1H3,(H,17,18). The van der Waals surface area contributed by atoms with E-state index in [2.05, 4.69) is 4.98 Å². The van der Waals surface area contributed by atoms with E-state index in [1.54, 1.807) is 17.9 Å². The summed E-state index contributed by atoms with van der Waals surface area (Å²) in [6.07, 6.45) is 0. The largest absolute Gasteiger partial charge is 0.481 e. The van der Waals surface area contributed by atoms with Crippen LogP contribution >= 0.6 is 0 Å². The number of amides is 1. The third kappa shape index (κ3) is 3.45. The number of carboxylic acids is 1. The van der Waals surface area contributed by atoms with Gasteiger partial charge in [-0.15, -0.1) is 0 Å². The topological polar surface area (TPSA) is 89.0 Å². The van der Waals surface area contributed by atoms with Gasteiger partial charge in [0, 0.05) is 18.8 Å². The Morgan fingerprint density at radius 1 is 1.40 bits per heavy atom. The monoisotopic (exact) mass is 280 g/mol. The van der Waals surface area contributed by atoms with Gasteiger partial charge < -0.3 is 19.5 Å². The minimum atomic E-state index is -1.18. The van der Waals surface area contributed by atoms with Crippen molar-refractivity contribution >= 4 is 11.9 Å². The molecule has 1 aromatic heterocycles. The van der Waals surface area contributed by atoms with Crippen LogP contribution < -0.4 is 4.74 Å². The van der Waals surface area contributed by atoms with Crippen LogP contribution in [-0.4, -0.2) is 59.8 Å². The fraction of sp³-hybridized carbons (Fsp3) is 0.462. The van der Waals surface area contributed by atoms with Crippen molar-refractivity contribution in [3.63, 3.8) is 0 Å². The highest BCUT2D eigenvalue weighted by Gasteiger charge is 2.19. The second-order valence-electron chi connectivity index (χ2n) is 4.39. The lowest BCUT2D eigenvalue weighted by Gasteiger charge is -2.26. The van der Waals surface area contributed by atoms with Crippen LogP contribution in [0.5, 0.6) is 5.75 Å². The van der Waals surface area contributed by atoms with Gasteiger partial charge in [0.05, 0.1) is 13.2 Å². The summed E-state index contributed by atoms with van der Waals surface area (Å²) in [5.74, 6) is -1.27. The summed E-state index contributed by atoms with van der Waals surface area (Å²) in [5.41, 5.74) is 0.397. The molecule has 0 aliphatic carbocycles. The van der Waals surface area contributed by atoms with E-state index < -0.39 is 5.97 Å². The van der Waals surface area contributed by atoms with Gasteiger partial charge in [-0.1, -0.05) is 0 Å². The SMILES string of the molecule is Cc1ccc(OCC(=O)N2CCOCC2)c(C(=O)O)n1. The summed E-state index contributed by atoms with van der Waals surface area (Å²) in [6.45, 7) is 3.57. The van der Waals surface area contributed by atoms with Crippen molar-refractivity contribution in [2.45, 2.75) is 6.92 Å².